The zero-order valence-corrected chi connectivity index (χ0v) is 14.3. The number of amides is 2. The molecule has 0 saturated heterocycles. The predicted molar refractivity (Wildman–Crippen MR) is 98.5 cm³/mol. The minimum atomic E-state index is -0.478. The molecule has 0 N–H and O–H groups in total. The molecule has 1 aliphatic rings. The highest BCUT2D eigenvalue weighted by molar-refractivity contribution is 6.38. The van der Waals surface area contributed by atoms with Crippen molar-refractivity contribution in [3.8, 4) is 0 Å². The SMILES string of the molecule is O=C1c2cccc3cccc(c23)C(=O)N1N=Cc1c(Cl)cccc1Cl. The molecule has 3 aromatic carbocycles. The fraction of sp³-hybridized carbons (Fsp3) is 0. The third kappa shape index (κ3) is 2.51. The number of hydrazone groups is 1. The fourth-order valence-corrected chi connectivity index (χ4v) is 3.37. The van der Waals surface area contributed by atoms with E-state index in [2.05, 4.69) is 5.10 Å². The molecule has 0 radical (unpaired) electrons. The number of halogens is 2. The van der Waals surface area contributed by atoms with Crippen molar-refractivity contribution in [3.63, 3.8) is 0 Å². The van der Waals surface area contributed by atoms with Gasteiger partial charge in [0.1, 0.15) is 0 Å². The molecule has 3 aromatic rings. The third-order valence-electron chi connectivity index (χ3n) is 4.05. The van der Waals surface area contributed by atoms with Gasteiger partial charge in [-0.3, -0.25) is 9.59 Å². The average molecular weight is 369 g/mol. The Balaban J connectivity index is 1.82. The van der Waals surface area contributed by atoms with Crippen molar-refractivity contribution in [2.75, 3.05) is 0 Å². The van der Waals surface area contributed by atoms with Crippen LogP contribution in [0.15, 0.2) is 59.7 Å². The zero-order chi connectivity index (χ0) is 17.6. The van der Waals surface area contributed by atoms with Gasteiger partial charge in [0, 0.05) is 10.9 Å². The molecule has 0 aliphatic carbocycles. The maximum Gasteiger partial charge on any atom is 0.282 e. The molecule has 0 aromatic heterocycles. The van der Waals surface area contributed by atoms with Gasteiger partial charge >= 0.3 is 0 Å². The second-order valence-electron chi connectivity index (χ2n) is 5.51. The van der Waals surface area contributed by atoms with Gasteiger partial charge in [-0.2, -0.15) is 10.1 Å². The summed E-state index contributed by atoms with van der Waals surface area (Å²) in [5.41, 5.74) is 1.33. The highest BCUT2D eigenvalue weighted by Gasteiger charge is 2.32. The van der Waals surface area contributed by atoms with Crippen molar-refractivity contribution >= 4 is 52.0 Å². The van der Waals surface area contributed by atoms with Gasteiger partial charge < -0.3 is 0 Å². The number of carbonyl (C=O) groups excluding carboxylic acids is 2. The van der Waals surface area contributed by atoms with Crippen LogP contribution in [0.1, 0.15) is 26.3 Å². The van der Waals surface area contributed by atoms with E-state index in [1.165, 1.54) is 6.21 Å². The van der Waals surface area contributed by atoms with Crippen molar-refractivity contribution in [2.24, 2.45) is 5.10 Å². The normalized spacial score (nSPS) is 13.9. The Kier molecular flexibility index (Phi) is 3.79. The first-order chi connectivity index (χ1) is 12.1. The topological polar surface area (TPSA) is 49.7 Å². The standard InChI is InChI=1S/C19H10Cl2N2O2/c20-15-8-3-9-16(21)14(15)10-22-23-18(24)12-6-1-4-11-5-2-7-13(17(11)12)19(23)25/h1-10H. The maximum atomic E-state index is 12.7. The average Bonchev–Trinajstić information content (AvgIpc) is 2.61. The van der Waals surface area contributed by atoms with E-state index in [0.29, 0.717) is 32.1 Å². The Hall–Kier alpha value is -2.69. The summed E-state index contributed by atoms with van der Waals surface area (Å²) in [5, 5.41) is 7.17. The first-order valence-electron chi connectivity index (χ1n) is 7.46. The van der Waals surface area contributed by atoms with E-state index < -0.39 is 11.8 Å². The van der Waals surface area contributed by atoms with Crippen LogP contribution in [0.2, 0.25) is 10.0 Å². The van der Waals surface area contributed by atoms with Crippen LogP contribution in [0.5, 0.6) is 0 Å². The van der Waals surface area contributed by atoms with Gasteiger partial charge in [0.15, 0.2) is 0 Å². The Morgan fingerprint density at radius 1 is 0.800 bits per heavy atom. The number of benzene rings is 3. The van der Waals surface area contributed by atoms with Crippen LogP contribution in [0.3, 0.4) is 0 Å². The summed E-state index contributed by atoms with van der Waals surface area (Å²) in [7, 11) is 0. The van der Waals surface area contributed by atoms with Crippen molar-refractivity contribution in [1.29, 1.82) is 0 Å². The molecule has 0 atom stereocenters. The number of imide groups is 1. The molecule has 25 heavy (non-hydrogen) atoms. The molecule has 122 valence electrons. The summed E-state index contributed by atoms with van der Waals surface area (Å²) in [6.07, 6.45) is 1.33. The van der Waals surface area contributed by atoms with Gasteiger partial charge in [0.05, 0.1) is 27.4 Å². The smallest absolute Gasteiger partial charge is 0.267 e. The van der Waals surface area contributed by atoms with Crippen molar-refractivity contribution in [1.82, 2.24) is 5.01 Å². The first-order valence-corrected chi connectivity index (χ1v) is 8.22. The van der Waals surface area contributed by atoms with E-state index in [1.54, 1.807) is 42.5 Å². The maximum absolute atomic E-state index is 12.7. The van der Waals surface area contributed by atoms with Gasteiger partial charge in [-0.1, -0.05) is 53.5 Å². The number of rotatable bonds is 2. The first kappa shape index (κ1) is 15.8. The van der Waals surface area contributed by atoms with E-state index >= 15 is 0 Å². The lowest BCUT2D eigenvalue weighted by Gasteiger charge is -2.23. The molecule has 0 unspecified atom stereocenters. The molecular weight excluding hydrogens is 359 g/mol. The van der Waals surface area contributed by atoms with Crippen LogP contribution in [-0.4, -0.2) is 23.0 Å². The predicted octanol–water partition coefficient (Wildman–Crippen LogP) is 4.78. The highest BCUT2D eigenvalue weighted by Crippen LogP contribution is 2.30. The van der Waals surface area contributed by atoms with Crippen molar-refractivity contribution in [3.05, 3.63) is 81.3 Å². The summed E-state index contributed by atoms with van der Waals surface area (Å²) >= 11 is 12.2. The summed E-state index contributed by atoms with van der Waals surface area (Å²) in [6, 6.07) is 15.7. The van der Waals surface area contributed by atoms with Gasteiger partial charge in [-0.15, -0.1) is 0 Å². The van der Waals surface area contributed by atoms with Gasteiger partial charge in [0.2, 0.25) is 0 Å². The van der Waals surface area contributed by atoms with Crippen LogP contribution in [0.25, 0.3) is 10.8 Å². The number of hydrogen-bond acceptors (Lipinski definition) is 3. The molecule has 1 aliphatic heterocycles. The highest BCUT2D eigenvalue weighted by atomic mass is 35.5. The molecule has 1 heterocycles. The summed E-state index contributed by atoms with van der Waals surface area (Å²) in [6.45, 7) is 0. The quantitative estimate of drug-likeness (QED) is 0.482. The lowest BCUT2D eigenvalue weighted by atomic mass is 9.95. The van der Waals surface area contributed by atoms with E-state index in [4.69, 9.17) is 23.2 Å². The monoisotopic (exact) mass is 368 g/mol. The van der Waals surface area contributed by atoms with E-state index in [-0.39, 0.29) is 0 Å². The minimum Gasteiger partial charge on any atom is -0.267 e. The number of hydrogen-bond donors (Lipinski definition) is 0. The number of nitrogens with zero attached hydrogens (tertiary/aromatic N) is 2. The zero-order valence-electron chi connectivity index (χ0n) is 12.7. The van der Waals surface area contributed by atoms with Crippen molar-refractivity contribution in [2.45, 2.75) is 0 Å². The Morgan fingerprint density at radius 3 is 1.88 bits per heavy atom. The molecule has 4 nitrogen and oxygen atoms in total. The van der Waals surface area contributed by atoms with E-state index in [9.17, 15) is 9.59 Å². The van der Waals surface area contributed by atoms with Crippen LogP contribution in [0.4, 0.5) is 0 Å². The molecule has 0 spiro atoms. The lowest BCUT2D eigenvalue weighted by molar-refractivity contribution is 0.0616. The Labute approximate surface area is 153 Å². The molecule has 0 saturated carbocycles. The Morgan fingerprint density at radius 2 is 1.32 bits per heavy atom. The van der Waals surface area contributed by atoms with Crippen LogP contribution < -0.4 is 0 Å². The summed E-state index contributed by atoms with van der Waals surface area (Å²) in [4.78, 5) is 25.5. The lowest BCUT2D eigenvalue weighted by Crippen LogP contribution is -2.36. The van der Waals surface area contributed by atoms with Crippen LogP contribution in [-0.2, 0) is 0 Å². The number of carbonyl (C=O) groups is 2. The van der Waals surface area contributed by atoms with Gasteiger partial charge in [-0.25, -0.2) is 0 Å². The van der Waals surface area contributed by atoms with E-state index in [0.717, 1.165) is 10.4 Å². The molecule has 4 rings (SSSR count). The van der Waals surface area contributed by atoms with Crippen LogP contribution in [0, 0.1) is 0 Å². The largest absolute Gasteiger partial charge is 0.282 e. The van der Waals surface area contributed by atoms with Gasteiger partial charge in [-0.05, 0) is 29.7 Å². The molecule has 0 fully saturated rings. The molecule has 0 bridgehead atoms. The second kappa shape index (κ2) is 5.99. The minimum absolute atomic E-state index is 0.385. The van der Waals surface area contributed by atoms with E-state index in [1.807, 2.05) is 12.1 Å². The second-order valence-corrected chi connectivity index (χ2v) is 6.33. The van der Waals surface area contributed by atoms with Gasteiger partial charge in [0.25, 0.3) is 11.8 Å². The third-order valence-corrected chi connectivity index (χ3v) is 4.71. The van der Waals surface area contributed by atoms with Crippen LogP contribution >= 0.6 is 23.2 Å². The molecule has 2 amide bonds. The molecular formula is C19H10Cl2N2O2. The molecule has 6 heteroatoms. The summed E-state index contributed by atoms with van der Waals surface area (Å²) < 4.78 is 0. The summed E-state index contributed by atoms with van der Waals surface area (Å²) in [5.74, 6) is -0.956. The van der Waals surface area contributed by atoms with Crippen molar-refractivity contribution < 1.29 is 9.59 Å². The fourth-order valence-electron chi connectivity index (χ4n) is 2.87. The Bertz CT molecular complexity index is 1010.